The topological polar surface area (TPSA) is 94.1 Å². The third-order valence-corrected chi connectivity index (χ3v) is 7.41. The van der Waals surface area contributed by atoms with E-state index in [1.807, 2.05) is 19.9 Å². The highest BCUT2D eigenvalue weighted by atomic mass is 16.3. The number of rotatable bonds is 5. The van der Waals surface area contributed by atoms with Crippen LogP contribution in [0.15, 0.2) is 23.0 Å². The van der Waals surface area contributed by atoms with E-state index < -0.39 is 22.5 Å². The van der Waals surface area contributed by atoms with Crippen LogP contribution >= 0.6 is 0 Å². The number of aryl methyl sites for hydroxylation is 1. The van der Waals surface area contributed by atoms with Gasteiger partial charge in [-0.05, 0) is 49.1 Å². The monoisotopic (exact) mass is 352 g/mol. The molecular weight excluding hydrogens is 320 g/mol. The molecule has 1 heterocycles. The van der Waals surface area contributed by atoms with Gasteiger partial charge in [0.15, 0.2) is 0 Å². The molecule has 142 valence electrons. The molecule has 0 saturated heterocycles. The second-order valence-electron chi connectivity index (χ2n) is 8.80. The number of fused-ring (bicyclic) bond motifs is 1. The van der Waals surface area contributed by atoms with Gasteiger partial charge in [-0.15, -0.1) is 0 Å². The molecule has 5 nitrogen and oxygen atoms in total. The van der Waals surface area contributed by atoms with Gasteiger partial charge in [-0.1, -0.05) is 20.3 Å². The summed E-state index contributed by atoms with van der Waals surface area (Å²) < 4.78 is 5.14. The van der Waals surface area contributed by atoms with E-state index in [0.717, 1.165) is 24.8 Å². The lowest BCUT2D eigenvalue weighted by atomic mass is 9.43. The minimum atomic E-state index is -1.08. The van der Waals surface area contributed by atoms with Gasteiger partial charge in [0.2, 0.25) is 0 Å². The minimum absolute atomic E-state index is 0.00587. The van der Waals surface area contributed by atoms with Crippen LogP contribution in [0.1, 0.15) is 51.5 Å². The first-order valence-corrected chi connectivity index (χ1v) is 9.44. The van der Waals surface area contributed by atoms with E-state index >= 15 is 0 Å². The van der Waals surface area contributed by atoms with Gasteiger partial charge in [0.05, 0.1) is 24.2 Å². The lowest BCUT2D eigenvalue weighted by molar-refractivity contribution is -0.259. The molecule has 6 atom stereocenters. The normalized spacial score (nSPS) is 44.5. The molecule has 4 N–H and O–H groups in total. The zero-order valence-corrected chi connectivity index (χ0v) is 15.3. The van der Waals surface area contributed by atoms with Crippen molar-refractivity contribution in [3.8, 4) is 0 Å². The number of hydrogen-bond acceptors (Lipinski definition) is 5. The summed E-state index contributed by atoms with van der Waals surface area (Å²) in [6.45, 7) is 3.93. The largest absolute Gasteiger partial charge is 0.472 e. The van der Waals surface area contributed by atoms with E-state index in [9.17, 15) is 20.4 Å². The zero-order chi connectivity index (χ0) is 18.3. The quantitative estimate of drug-likeness (QED) is 0.651. The maximum Gasteiger partial charge on any atom is 0.0934 e. The Morgan fingerprint density at radius 1 is 1.24 bits per heavy atom. The fourth-order valence-corrected chi connectivity index (χ4v) is 6.07. The van der Waals surface area contributed by atoms with E-state index in [2.05, 4.69) is 0 Å². The number of furan rings is 1. The molecule has 5 heteroatoms. The summed E-state index contributed by atoms with van der Waals surface area (Å²) >= 11 is 0. The van der Waals surface area contributed by atoms with Gasteiger partial charge in [0.1, 0.15) is 0 Å². The average molecular weight is 352 g/mol. The number of aliphatic hydroxyl groups excluding tert-OH is 3. The Morgan fingerprint density at radius 2 is 2.00 bits per heavy atom. The highest BCUT2D eigenvalue weighted by Crippen LogP contribution is 2.63. The van der Waals surface area contributed by atoms with Crippen molar-refractivity contribution in [2.75, 3.05) is 13.2 Å². The Labute approximate surface area is 149 Å². The minimum Gasteiger partial charge on any atom is -0.472 e. The predicted molar refractivity (Wildman–Crippen MR) is 93.8 cm³/mol. The van der Waals surface area contributed by atoms with Crippen molar-refractivity contribution in [1.29, 1.82) is 0 Å². The standard InChI is InChI=1S/C20H32O5/c1-18(13-22)6-3-7-19(2)17(18)16(23)10-15(11-21)20(19,24)8-4-14-5-9-25-12-14/h5,9,12,15-17,21-24H,3-4,6-8,10-11,13H2,1-2H3/t15-,16-,17+,18-,19+,20-/m1/s1. The van der Waals surface area contributed by atoms with Crippen molar-refractivity contribution < 1.29 is 24.8 Å². The first-order valence-electron chi connectivity index (χ1n) is 9.44. The van der Waals surface area contributed by atoms with Gasteiger partial charge in [0.25, 0.3) is 0 Å². The molecule has 2 aliphatic carbocycles. The maximum atomic E-state index is 11.8. The fraction of sp³-hybridized carbons (Fsp3) is 0.800. The molecule has 0 unspecified atom stereocenters. The van der Waals surface area contributed by atoms with Crippen molar-refractivity contribution in [3.63, 3.8) is 0 Å². The molecule has 2 saturated carbocycles. The van der Waals surface area contributed by atoms with Crippen molar-refractivity contribution in [3.05, 3.63) is 24.2 Å². The van der Waals surface area contributed by atoms with Crippen LogP contribution in [0.5, 0.6) is 0 Å². The molecule has 1 aromatic heterocycles. The van der Waals surface area contributed by atoms with Gasteiger partial charge in [-0.25, -0.2) is 0 Å². The first-order chi connectivity index (χ1) is 11.8. The van der Waals surface area contributed by atoms with E-state index in [4.69, 9.17) is 4.42 Å². The molecule has 0 aromatic carbocycles. The summed E-state index contributed by atoms with van der Waals surface area (Å²) in [5, 5.41) is 42.7. The maximum absolute atomic E-state index is 11.8. The third-order valence-electron chi connectivity index (χ3n) is 7.41. The number of aliphatic hydroxyl groups is 4. The van der Waals surface area contributed by atoms with Crippen LogP contribution in [0, 0.1) is 22.7 Å². The Bertz CT molecular complexity index is 573. The number of hydrogen-bond donors (Lipinski definition) is 4. The summed E-state index contributed by atoms with van der Waals surface area (Å²) in [5.74, 6) is -0.549. The molecule has 0 spiro atoms. The smallest absolute Gasteiger partial charge is 0.0934 e. The van der Waals surface area contributed by atoms with Gasteiger partial charge >= 0.3 is 0 Å². The SMILES string of the molecule is C[C@]1(CO)CCC[C@@]2(C)[C@H]1[C@H](O)C[C@H](CO)[C@]2(O)CCc1ccoc1. The molecule has 3 rings (SSSR count). The zero-order valence-electron chi connectivity index (χ0n) is 15.3. The molecule has 2 fully saturated rings. The third kappa shape index (κ3) is 2.85. The lowest BCUT2D eigenvalue weighted by Crippen LogP contribution is -2.68. The van der Waals surface area contributed by atoms with E-state index in [1.165, 1.54) is 0 Å². The molecule has 0 radical (unpaired) electrons. The van der Waals surface area contributed by atoms with Crippen LogP contribution in [0.4, 0.5) is 0 Å². The summed E-state index contributed by atoms with van der Waals surface area (Å²) in [6, 6.07) is 1.90. The Balaban J connectivity index is 1.97. The summed E-state index contributed by atoms with van der Waals surface area (Å²) in [5.41, 5.74) is -1.01. The van der Waals surface area contributed by atoms with Crippen LogP contribution in [-0.2, 0) is 6.42 Å². The lowest BCUT2D eigenvalue weighted by Gasteiger charge is -2.64. The molecule has 1 aromatic rings. The summed E-state index contributed by atoms with van der Waals surface area (Å²) in [6.07, 6.45) is 6.79. The molecular formula is C20H32O5. The van der Waals surface area contributed by atoms with Crippen molar-refractivity contribution in [2.24, 2.45) is 22.7 Å². The highest BCUT2D eigenvalue weighted by molar-refractivity contribution is 5.16. The fourth-order valence-electron chi connectivity index (χ4n) is 6.07. The van der Waals surface area contributed by atoms with Gasteiger partial charge < -0.3 is 24.8 Å². The molecule has 0 amide bonds. The summed E-state index contributed by atoms with van der Waals surface area (Å²) in [7, 11) is 0. The Morgan fingerprint density at radius 3 is 2.60 bits per heavy atom. The van der Waals surface area contributed by atoms with E-state index in [0.29, 0.717) is 19.3 Å². The Kier molecular flexibility index (Phi) is 5.06. The van der Waals surface area contributed by atoms with Gasteiger partial charge in [-0.3, -0.25) is 0 Å². The molecule has 2 aliphatic rings. The van der Waals surface area contributed by atoms with Crippen LogP contribution < -0.4 is 0 Å². The van der Waals surface area contributed by atoms with Crippen LogP contribution in [0.2, 0.25) is 0 Å². The van der Waals surface area contributed by atoms with Crippen LogP contribution in [0.3, 0.4) is 0 Å². The second kappa shape index (κ2) is 6.69. The Hall–Kier alpha value is -0.880. The predicted octanol–water partition coefficient (Wildman–Crippen LogP) is 2.12. The van der Waals surface area contributed by atoms with E-state index in [-0.39, 0.29) is 25.0 Å². The van der Waals surface area contributed by atoms with Crippen molar-refractivity contribution in [2.45, 2.75) is 64.1 Å². The second-order valence-corrected chi connectivity index (χ2v) is 8.80. The first kappa shape index (κ1) is 18.9. The average Bonchev–Trinajstić information content (AvgIpc) is 3.10. The van der Waals surface area contributed by atoms with E-state index in [1.54, 1.807) is 12.5 Å². The molecule has 0 aliphatic heterocycles. The molecule has 0 bridgehead atoms. The van der Waals surface area contributed by atoms with Crippen LogP contribution in [0.25, 0.3) is 0 Å². The highest BCUT2D eigenvalue weighted by Gasteiger charge is 2.65. The van der Waals surface area contributed by atoms with Crippen molar-refractivity contribution in [1.82, 2.24) is 0 Å². The summed E-state index contributed by atoms with van der Waals surface area (Å²) in [4.78, 5) is 0. The molecule has 25 heavy (non-hydrogen) atoms. The van der Waals surface area contributed by atoms with Gasteiger partial charge in [-0.2, -0.15) is 0 Å². The van der Waals surface area contributed by atoms with Crippen LogP contribution in [-0.4, -0.2) is 45.3 Å². The van der Waals surface area contributed by atoms with Gasteiger partial charge in [0, 0.05) is 30.5 Å². The van der Waals surface area contributed by atoms with Crippen molar-refractivity contribution >= 4 is 0 Å².